The number of rotatable bonds is 4. The van der Waals surface area contributed by atoms with Crippen molar-refractivity contribution in [2.45, 2.75) is 20.8 Å². The molecule has 0 aliphatic carbocycles. The summed E-state index contributed by atoms with van der Waals surface area (Å²) >= 11 is 0. The number of aryl methyl sites for hydroxylation is 2. The van der Waals surface area contributed by atoms with Gasteiger partial charge in [0.2, 0.25) is 5.71 Å². The Morgan fingerprint density at radius 3 is 2.43 bits per heavy atom. The summed E-state index contributed by atoms with van der Waals surface area (Å²) in [4.78, 5) is 8.69. The van der Waals surface area contributed by atoms with E-state index in [1.54, 1.807) is 25.4 Å². The number of aromatic nitrogens is 1. The molecule has 3 nitrogen and oxygen atoms in total. The third kappa shape index (κ3) is 3.69. The molecule has 0 N–H and O–H groups in total. The molecule has 4 aromatic rings. The van der Waals surface area contributed by atoms with Gasteiger partial charge in [-0.2, -0.15) is 0 Å². The summed E-state index contributed by atoms with van der Waals surface area (Å²) in [6.07, 6.45) is 5.82. The molecule has 0 aliphatic rings. The van der Waals surface area contributed by atoms with Gasteiger partial charge in [-0.25, -0.2) is 9.37 Å². The zero-order chi connectivity index (χ0) is 21.3. The van der Waals surface area contributed by atoms with Gasteiger partial charge in [0.25, 0.3) is 0 Å². The lowest BCUT2D eigenvalue weighted by atomic mass is 9.97. The molecular formula is C26H23FN2O. The highest BCUT2D eigenvalue weighted by molar-refractivity contribution is 6.11. The van der Waals surface area contributed by atoms with Crippen molar-refractivity contribution in [1.82, 2.24) is 4.98 Å². The molecule has 0 fully saturated rings. The fourth-order valence-corrected chi connectivity index (χ4v) is 3.69. The van der Waals surface area contributed by atoms with Gasteiger partial charge in [-0.1, -0.05) is 36.4 Å². The van der Waals surface area contributed by atoms with E-state index in [-0.39, 0.29) is 5.82 Å². The summed E-state index contributed by atoms with van der Waals surface area (Å²) in [5, 5.41) is 2.08. The van der Waals surface area contributed by atoms with E-state index in [1.165, 1.54) is 12.1 Å². The number of furan rings is 1. The fraction of sp³-hybridized carbons (Fsp3) is 0.154. The van der Waals surface area contributed by atoms with Crippen LogP contribution in [0.15, 0.2) is 70.1 Å². The Balaban J connectivity index is 1.85. The largest absolute Gasteiger partial charge is 0.437 e. The summed E-state index contributed by atoms with van der Waals surface area (Å²) in [6, 6.07) is 14.7. The van der Waals surface area contributed by atoms with E-state index in [0.717, 1.165) is 49.9 Å². The Morgan fingerprint density at radius 2 is 1.70 bits per heavy atom. The molecule has 0 spiro atoms. The second-order valence-electron chi connectivity index (χ2n) is 7.41. The van der Waals surface area contributed by atoms with E-state index < -0.39 is 0 Å². The Bertz CT molecular complexity index is 1320. The van der Waals surface area contributed by atoms with E-state index >= 15 is 0 Å². The van der Waals surface area contributed by atoms with Crippen LogP contribution in [0.3, 0.4) is 0 Å². The molecule has 0 unspecified atom stereocenters. The van der Waals surface area contributed by atoms with Crippen LogP contribution in [-0.4, -0.2) is 18.2 Å². The molecule has 2 aromatic heterocycles. The number of pyridine rings is 1. The number of fused-ring (bicyclic) bond motifs is 3. The van der Waals surface area contributed by atoms with Crippen molar-refractivity contribution < 1.29 is 8.81 Å². The highest BCUT2D eigenvalue weighted by Crippen LogP contribution is 2.35. The monoisotopic (exact) mass is 398 g/mol. The van der Waals surface area contributed by atoms with E-state index in [0.29, 0.717) is 5.71 Å². The number of benzene rings is 2. The molecule has 30 heavy (non-hydrogen) atoms. The molecule has 2 heterocycles. The van der Waals surface area contributed by atoms with Gasteiger partial charge in [0.1, 0.15) is 11.4 Å². The minimum atomic E-state index is -0.255. The second kappa shape index (κ2) is 8.07. The summed E-state index contributed by atoms with van der Waals surface area (Å²) in [5.74, 6) is -0.255. The van der Waals surface area contributed by atoms with Gasteiger partial charge in [0.15, 0.2) is 0 Å². The van der Waals surface area contributed by atoms with Gasteiger partial charge in [0, 0.05) is 35.3 Å². The van der Waals surface area contributed by atoms with Gasteiger partial charge < -0.3 is 4.42 Å². The summed E-state index contributed by atoms with van der Waals surface area (Å²) in [5.41, 5.74) is 7.51. The van der Waals surface area contributed by atoms with Crippen molar-refractivity contribution in [1.29, 1.82) is 0 Å². The van der Waals surface area contributed by atoms with Crippen LogP contribution < -0.4 is 0 Å². The molecule has 2 aromatic carbocycles. The van der Waals surface area contributed by atoms with E-state index in [9.17, 15) is 4.39 Å². The first-order chi connectivity index (χ1) is 14.5. The van der Waals surface area contributed by atoms with Crippen LogP contribution >= 0.6 is 0 Å². The lowest BCUT2D eigenvalue weighted by molar-refractivity contribution is 0.627. The Kier molecular flexibility index (Phi) is 5.32. The summed E-state index contributed by atoms with van der Waals surface area (Å²) in [7, 11) is 1.72. The topological polar surface area (TPSA) is 38.4 Å². The predicted molar refractivity (Wildman–Crippen MR) is 123 cm³/mol. The number of halogens is 1. The molecule has 0 amide bonds. The smallest absolute Gasteiger partial charge is 0.227 e. The van der Waals surface area contributed by atoms with Crippen LogP contribution in [-0.2, 0) is 0 Å². The van der Waals surface area contributed by atoms with E-state index in [2.05, 4.69) is 42.0 Å². The highest BCUT2D eigenvalue weighted by Gasteiger charge is 2.15. The van der Waals surface area contributed by atoms with Gasteiger partial charge in [-0.05, 0) is 67.3 Å². The van der Waals surface area contributed by atoms with Crippen molar-refractivity contribution in [3.8, 4) is 0 Å². The van der Waals surface area contributed by atoms with E-state index in [1.807, 2.05) is 25.1 Å². The SMILES string of the molecule is CN=C/C(=C\C=C(/C)c1c(C)ccc2c1oc1nc(C)ccc12)c1ccc(F)cc1. The normalized spacial score (nSPS) is 13.1. The van der Waals surface area contributed by atoms with Crippen molar-refractivity contribution >= 4 is 39.4 Å². The molecule has 0 bridgehead atoms. The average molecular weight is 398 g/mol. The summed E-state index contributed by atoms with van der Waals surface area (Å²) < 4.78 is 19.5. The summed E-state index contributed by atoms with van der Waals surface area (Å²) in [6.45, 7) is 6.10. The zero-order valence-electron chi connectivity index (χ0n) is 17.5. The molecule has 150 valence electrons. The van der Waals surface area contributed by atoms with Gasteiger partial charge in [-0.15, -0.1) is 0 Å². The zero-order valence-corrected chi connectivity index (χ0v) is 17.5. The number of hydrogen-bond acceptors (Lipinski definition) is 3. The maximum atomic E-state index is 13.3. The van der Waals surface area contributed by atoms with Crippen LogP contribution in [0, 0.1) is 19.7 Å². The molecule has 0 atom stereocenters. The van der Waals surface area contributed by atoms with Crippen molar-refractivity contribution in [3.05, 3.63) is 88.9 Å². The first-order valence-electron chi connectivity index (χ1n) is 9.84. The number of hydrogen-bond donors (Lipinski definition) is 0. The lowest BCUT2D eigenvalue weighted by Crippen LogP contribution is -1.89. The van der Waals surface area contributed by atoms with Crippen molar-refractivity contribution in [2.24, 2.45) is 4.99 Å². The maximum absolute atomic E-state index is 13.3. The lowest BCUT2D eigenvalue weighted by Gasteiger charge is -2.07. The number of nitrogens with zero attached hydrogens (tertiary/aromatic N) is 2. The Labute approximate surface area is 175 Å². The highest BCUT2D eigenvalue weighted by atomic mass is 19.1. The molecule has 0 aliphatic heterocycles. The van der Waals surface area contributed by atoms with Crippen molar-refractivity contribution in [2.75, 3.05) is 7.05 Å². The van der Waals surface area contributed by atoms with Crippen molar-refractivity contribution in [3.63, 3.8) is 0 Å². The van der Waals surface area contributed by atoms with Crippen LogP contribution in [0.2, 0.25) is 0 Å². The molecular weight excluding hydrogens is 375 g/mol. The maximum Gasteiger partial charge on any atom is 0.227 e. The minimum absolute atomic E-state index is 0.255. The second-order valence-corrected chi connectivity index (χ2v) is 7.41. The van der Waals surface area contributed by atoms with Gasteiger partial charge in [0.05, 0.1) is 0 Å². The minimum Gasteiger partial charge on any atom is -0.437 e. The standard InChI is InChI=1S/C26H23FN2O/c1-16(5-8-20(15-28-4)19-9-11-21(27)12-10-19)24-17(2)6-13-22-23-14-7-18(3)29-26(23)30-25(22)24/h5-15H,1-4H3/b16-5+,20-8+,28-15?. The van der Waals surface area contributed by atoms with Crippen LogP contribution in [0.5, 0.6) is 0 Å². The first-order valence-corrected chi connectivity index (χ1v) is 9.84. The van der Waals surface area contributed by atoms with Gasteiger partial charge >= 0.3 is 0 Å². The van der Waals surface area contributed by atoms with Gasteiger partial charge in [-0.3, -0.25) is 4.99 Å². The molecule has 0 saturated heterocycles. The number of allylic oxidation sites excluding steroid dienone is 4. The molecule has 4 heteroatoms. The molecule has 0 radical (unpaired) electrons. The van der Waals surface area contributed by atoms with Crippen LogP contribution in [0.25, 0.3) is 33.2 Å². The van der Waals surface area contributed by atoms with E-state index in [4.69, 9.17) is 4.42 Å². The third-order valence-corrected chi connectivity index (χ3v) is 5.21. The average Bonchev–Trinajstić information content (AvgIpc) is 3.08. The fourth-order valence-electron chi connectivity index (χ4n) is 3.69. The molecule has 0 saturated carbocycles. The van der Waals surface area contributed by atoms with Crippen LogP contribution in [0.4, 0.5) is 4.39 Å². The Hall–Kier alpha value is -3.53. The first kappa shape index (κ1) is 19.8. The van der Waals surface area contributed by atoms with Crippen LogP contribution in [0.1, 0.15) is 29.3 Å². The predicted octanol–water partition coefficient (Wildman–Crippen LogP) is 6.92. The number of aliphatic imine (C=N–C) groups is 1. The third-order valence-electron chi connectivity index (χ3n) is 5.21. The molecule has 4 rings (SSSR count). The Morgan fingerprint density at radius 1 is 0.967 bits per heavy atom. The quantitative estimate of drug-likeness (QED) is 0.276.